The van der Waals surface area contributed by atoms with Crippen molar-refractivity contribution >= 4 is 33.2 Å². The van der Waals surface area contributed by atoms with Gasteiger partial charge in [-0.2, -0.15) is 4.31 Å². The van der Waals surface area contributed by atoms with E-state index in [4.69, 9.17) is 18.0 Å². The second-order valence-corrected chi connectivity index (χ2v) is 13.8. The minimum atomic E-state index is -3.34. The van der Waals surface area contributed by atoms with Gasteiger partial charge in [0.15, 0.2) is 0 Å². The van der Waals surface area contributed by atoms with E-state index in [1.54, 1.807) is 28.6 Å². The van der Waals surface area contributed by atoms with Crippen LogP contribution in [-0.4, -0.2) is 60.5 Å². The number of anilines is 1. The molecular weight excluding hydrogens is 537 g/mol. The zero-order valence-corrected chi connectivity index (χ0v) is 23.9. The smallest absolute Gasteiger partial charge is 0.240 e. The molecule has 0 saturated carbocycles. The fourth-order valence-electron chi connectivity index (χ4n) is 6.53. The molecule has 3 aliphatic rings. The molecular formula is C30H35ClFN3O3S. The van der Waals surface area contributed by atoms with E-state index in [1.807, 2.05) is 26.0 Å². The van der Waals surface area contributed by atoms with E-state index >= 15 is 4.39 Å². The first-order valence-corrected chi connectivity index (χ1v) is 15.6. The normalized spacial score (nSPS) is 28.5. The van der Waals surface area contributed by atoms with Crippen LogP contribution in [0.4, 0.5) is 10.1 Å². The van der Waals surface area contributed by atoms with E-state index in [1.165, 1.54) is 6.07 Å². The number of nitrogens with zero attached hydrogens (tertiary/aromatic N) is 2. The maximum absolute atomic E-state index is 15.2. The van der Waals surface area contributed by atoms with Crippen molar-refractivity contribution in [1.29, 1.82) is 0 Å². The molecule has 39 heavy (non-hydrogen) atoms. The van der Waals surface area contributed by atoms with Crippen molar-refractivity contribution in [2.45, 2.75) is 63.6 Å². The van der Waals surface area contributed by atoms with E-state index in [2.05, 4.69) is 16.1 Å². The van der Waals surface area contributed by atoms with Crippen LogP contribution in [0.25, 0.3) is 0 Å². The van der Waals surface area contributed by atoms with Gasteiger partial charge in [0, 0.05) is 53.4 Å². The number of nitrogens with one attached hydrogen (secondary N) is 1. The largest absolute Gasteiger partial charge is 0.325 e. The zero-order chi connectivity index (χ0) is 27.9. The quantitative estimate of drug-likeness (QED) is 0.361. The lowest BCUT2D eigenvalue weighted by molar-refractivity contribution is -0.119. The Morgan fingerprint density at radius 2 is 1.95 bits per heavy atom. The van der Waals surface area contributed by atoms with Crippen molar-refractivity contribution in [2.75, 3.05) is 24.2 Å². The second kappa shape index (κ2) is 11.2. The summed E-state index contributed by atoms with van der Waals surface area (Å²) in [5.74, 6) is 1.07. The second-order valence-electron chi connectivity index (χ2n) is 11.3. The lowest BCUT2D eigenvalue weighted by atomic mass is 9.78. The van der Waals surface area contributed by atoms with Gasteiger partial charge in [-0.15, -0.1) is 6.42 Å². The average molecular weight is 572 g/mol. The summed E-state index contributed by atoms with van der Waals surface area (Å²) in [6.07, 6.45) is 8.24. The number of rotatable bonds is 8. The standard InChI is InChI=1S/C30H35ClFN3O3S/c1-4-23(29(19(2)3)20-10-12-21(31)13-11-20)30(36)33-26-9-5-8-25(32)24(26)14-15-27-28-18-34(28)22-7-6-16-39(37,38)35(27)17-22/h1,5,8-13,19,22-23,27-29H,6-7,14-18H2,2-3H3,(H,33,36). The lowest BCUT2D eigenvalue weighted by Crippen LogP contribution is -2.53. The van der Waals surface area contributed by atoms with Crippen LogP contribution in [0.1, 0.15) is 50.2 Å². The number of amides is 1. The molecule has 1 N–H and O–H groups in total. The number of carbonyl (C=O) groups excluding carboxylic acids is 1. The number of fused-ring (bicyclic) bond motifs is 4. The predicted octanol–water partition coefficient (Wildman–Crippen LogP) is 4.90. The highest BCUT2D eigenvalue weighted by molar-refractivity contribution is 7.89. The maximum Gasteiger partial charge on any atom is 0.240 e. The van der Waals surface area contributed by atoms with Gasteiger partial charge in [0.05, 0.1) is 5.75 Å². The summed E-state index contributed by atoms with van der Waals surface area (Å²) in [4.78, 5) is 15.9. The Balaban J connectivity index is 1.35. The number of benzene rings is 2. The minimum absolute atomic E-state index is 0.0668. The van der Waals surface area contributed by atoms with Gasteiger partial charge in [0.25, 0.3) is 0 Å². The van der Waals surface area contributed by atoms with Crippen LogP contribution in [0.2, 0.25) is 5.02 Å². The molecule has 3 fully saturated rings. The molecule has 208 valence electrons. The van der Waals surface area contributed by atoms with Crippen LogP contribution >= 0.6 is 11.6 Å². The Labute approximate surface area is 235 Å². The van der Waals surface area contributed by atoms with Gasteiger partial charge in [-0.05, 0) is 61.4 Å². The predicted molar refractivity (Wildman–Crippen MR) is 153 cm³/mol. The van der Waals surface area contributed by atoms with E-state index in [-0.39, 0.29) is 41.6 Å². The number of carbonyl (C=O) groups is 1. The van der Waals surface area contributed by atoms with E-state index in [0.29, 0.717) is 42.1 Å². The maximum atomic E-state index is 15.2. The van der Waals surface area contributed by atoms with E-state index < -0.39 is 21.8 Å². The summed E-state index contributed by atoms with van der Waals surface area (Å²) in [7, 11) is -3.34. The highest BCUT2D eigenvalue weighted by Gasteiger charge is 2.54. The van der Waals surface area contributed by atoms with Crippen molar-refractivity contribution in [3.05, 3.63) is 64.4 Å². The molecule has 7 unspecified atom stereocenters. The van der Waals surface area contributed by atoms with Gasteiger partial charge in [0.1, 0.15) is 11.7 Å². The third-order valence-corrected chi connectivity index (χ3v) is 10.7. The number of terminal acetylenes is 1. The molecule has 3 heterocycles. The van der Waals surface area contributed by atoms with Crippen molar-refractivity contribution in [3.8, 4) is 12.3 Å². The molecule has 0 radical (unpaired) electrons. The van der Waals surface area contributed by atoms with Gasteiger partial charge in [-0.3, -0.25) is 9.69 Å². The third kappa shape index (κ3) is 5.74. The molecule has 3 saturated heterocycles. The van der Waals surface area contributed by atoms with Crippen LogP contribution in [0, 0.1) is 30.0 Å². The number of hydrogen-bond donors (Lipinski definition) is 1. The molecule has 1 amide bonds. The Hall–Kier alpha value is -2.44. The van der Waals surface area contributed by atoms with Crippen molar-refractivity contribution in [2.24, 2.45) is 11.8 Å². The summed E-state index contributed by atoms with van der Waals surface area (Å²) in [5, 5.41) is 3.51. The third-order valence-electron chi connectivity index (χ3n) is 8.52. The summed E-state index contributed by atoms with van der Waals surface area (Å²) in [6.45, 7) is 5.41. The van der Waals surface area contributed by atoms with Crippen LogP contribution in [0.3, 0.4) is 0 Å². The molecule has 0 spiro atoms. The van der Waals surface area contributed by atoms with E-state index in [0.717, 1.165) is 18.5 Å². The molecule has 5 rings (SSSR count). The van der Waals surface area contributed by atoms with Gasteiger partial charge in [0.2, 0.25) is 15.9 Å². The van der Waals surface area contributed by atoms with Gasteiger partial charge < -0.3 is 5.32 Å². The summed E-state index contributed by atoms with van der Waals surface area (Å²) in [6, 6.07) is 12.2. The Morgan fingerprint density at radius 1 is 1.21 bits per heavy atom. The Bertz CT molecular complexity index is 1370. The average Bonchev–Trinajstić information content (AvgIpc) is 3.70. The highest BCUT2D eigenvalue weighted by atomic mass is 35.5. The molecule has 2 aromatic carbocycles. The zero-order valence-electron chi connectivity index (χ0n) is 22.3. The first-order chi connectivity index (χ1) is 18.6. The van der Waals surface area contributed by atoms with Gasteiger partial charge in [-0.25, -0.2) is 12.8 Å². The number of halogens is 2. The molecule has 2 bridgehead atoms. The van der Waals surface area contributed by atoms with Gasteiger partial charge in [-0.1, -0.05) is 49.6 Å². The van der Waals surface area contributed by atoms with Gasteiger partial charge >= 0.3 is 0 Å². The fourth-order valence-corrected chi connectivity index (χ4v) is 8.48. The highest BCUT2D eigenvalue weighted by Crippen LogP contribution is 2.40. The SMILES string of the molecule is C#CC(C(=O)Nc1cccc(F)c1CCC1C2CN2C2CCCS(=O)(=O)N1C2)C(c1ccc(Cl)cc1)C(C)C. The van der Waals surface area contributed by atoms with Crippen LogP contribution < -0.4 is 5.32 Å². The first kappa shape index (κ1) is 28.1. The Morgan fingerprint density at radius 3 is 2.64 bits per heavy atom. The van der Waals surface area contributed by atoms with Crippen LogP contribution in [0.5, 0.6) is 0 Å². The lowest BCUT2D eigenvalue weighted by Gasteiger charge is -2.37. The summed E-state index contributed by atoms with van der Waals surface area (Å²) in [5.41, 5.74) is 1.66. The number of sulfonamides is 1. The molecule has 7 atom stereocenters. The number of piperazine rings is 1. The molecule has 2 aromatic rings. The minimum Gasteiger partial charge on any atom is -0.325 e. The fraction of sp³-hybridized carbons (Fsp3) is 0.500. The molecule has 0 aliphatic carbocycles. The number of hydrogen-bond acceptors (Lipinski definition) is 4. The Kier molecular flexibility index (Phi) is 8.08. The van der Waals surface area contributed by atoms with E-state index in [9.17, 15) is 13.2 Å². The first-order valence-electron chi connectivity index (χ1n) is 13.7. The van der Waals surface area contributed by atoms with Crippen molar-refractivity contribution < 1.29 is 17.6 Å². The monoisotopic (exact) mass is 571 g/mol. The van der Waals surface area contributed by atoms with Crippen LogP contribution in [0.15, 0.2) is 42.5 Å². The topological polar surface area (TPSA) is 69.5 Å². The summed E-state index contributed by atoms with van der Waals surface area (Å²) >= 11 is 6.07. The van der Waals surface area contributed by atoms with Crippen molar-refractivity contribution in [1.82, 2.24) is 9.21 Å². The molecule has 9 heteroatoms. The molecule has 0 aromatic heterocycles. The van der Waals surface area contributed by atoms with Crippen molar-refractivity contribution in [3.63, 3.8) is 0 Å². The molecule has 3 aliphatic heterocycles. The van der Waals surface area contributed by atoms with Crippen LogP contribution in [-0.2, 0) is 21.2 Å². The molecule has 6 nitrogen and oxygen atoms in total. The summed E-state index contributed by atoms with van der Waals surface area (Å²) < 4.78 is 42.8.